The second kappa shape index (κ2) is 7.80. The molecule has 1 heterocycles. The minimum Gasteiger partial charge on any atom is -0.307 e. The summed E-state index contributed by atoms with van der Waals surface area (Å²) in [7, 11) is 0. The summed E-state index contributed by atoms with van der Waals surface area (Å²) in [5.74, 6) is 0. The molecule has 0 aromatic heterocycles. The molecule has 0 saturated carbocycles. The normalized spacial score (nSPS) is 22.4. The van der Waals surface area contributed by atoms with Crippen molar-refractivity contribution in [3.63, 3.8) is 0 Å². The summed E-state index contributed by atoms with van der Waals surface area (Å²) in [6, 6.07) is 9.87. The Hall–Kier alpha value is -0.860. The second-order valence-corrected chi connectivity index (χ2v) is 6.21. The molecule has 0 amide bonds. The lowest BCUT2D eigenvalue weighted by Gasteiger charge is -2.24. The van der Waals surface area contributed by atoms with E-state index in [1.54, 1.807) is 0 Å². The molecule has 1 aromatic carbocycles. The molecule has 0 radical (unpaired) electrons. The van der Waals surface area contributed by atoms with Gasteiger partial charge in [-0.3, -0.25) is 0 Å². The van der Waals surface area contributed by atoms with Crippen molar-refractivity contribution in [1.29, 1.82) is 0 Å². The van der Waals surface area contributed by atoms with Crippen molar-refractivity contribution < 1.29 is 0 Å². The fourth-order valence-corrected chi connectivity index (χ4v) is 3.38. The van der Waals surface area contributed by atoms with Gasteiger partial charge in [0.2, 0.25) is 0 Å². The molecule has 1 aliphatic rings. The van der Waals surface area contributed by atoms with Gasteiger partial charge in [-0.05, 0) is 70.3 Å². The maximum Gasteiger partial charge on any atom is 0.0296 e. The van der Waals surface area contributed by atoms with E-state index in [4.69, 9.17) is 0 Å². The molecule has 1 aliphatic heterocycles. The van der Waals surface area contributed by atoms with Crippen molar-refractivity contribution in [2.75, 3.05) is 19.6 Å². The van der Waals surface area contributed by atoms with Crippen LogP contribution in [-0.2, 0) is 0 Å². The molecule has 2 heteroatoms. The predicted molar refractivity (Wildman–Crippen MR) is 87.1 cm³/mol. The molecule has 2 rings (SSSR count). The molecule has 0 spiro atoms. The number of likely N-dealkylation sites (tertiary alicyclic amines) is 1. The molecule has 20 heavy (non-hydrogen) atoms. The van der Waals surface area contributed by atoms with Gasteiger partial charge in [-0.1, -0.05) is 31.2 Å². The van der Waals surface area contributed by atoms with Crippen LogP contribution in [0.3, 0.4) is 0 Å². The Morgan fingerprint density at radius 2 is 2.05 bits per heavy atom. The molecule has 1 fully saturated rings. The standard InChI is InChI=1S/C18H30N2/c1-4-12-20-13-7-9-17(11-14-20)19-16(3)18-10-6-5-8-15(18)2/h5-6,8,10,16-17,19H,4,7,9,11-14H2,1-3H3/t16-,17?/m0/s1. The summed E-state index contributed by atoms with van der Waals surface area (Å²) in [6.45, 7) is 10.6. The molecule has 1 saturated heterocycles. The molecule has 1 N–H and O–H groups in total. The lowest BCUT2D eigenvalue weighted by atomic mass is 10.0. The van der Waals surface area contributed by atoms with Crippen molar-refractivity contribution in [1.82, 2.24) is 10.2 Å². The van der Waals surface area contributed by atoms with Crippen molar-refractivity contribution in [2.45, 2.75) is 58.5 Å². The first-order chi connectivity index (χ1) is 9.70. The van der Waals surface area contributed by atoms with Crippen molar-refractivity contribution in [3.8, 4) is 0 Å². The van der Waals surface area contributed by atoms with Crippen molar-refractivity contribution in [2.24, 2.45) is 0 Å². The first-order valence-corrected chi connectivity index (χ1v) is 8.24. The van der Waals surface area contributed by atoms with E-state index in [-0.39, 0.29) is 0 Å². The Morgan fingerprint density at radius 1 is 1.25 bits per heavy atom. The number of benzene rings is 1. The number of rotatable bonds is 5. The van der Waals surface area contributed by atoms with Crippen LogP contribution in [0.15, 0.2) is 24.3 Å². The van der Waals surface area contributed by atoms with Crippen LogP contribution in [0.25, 0.3) is 0 Å². The third-order valence-electron chi connectivity index (χ3n) is 4.50. The Kier molecular flexibility index (Phi) is 6.06. The summed E-state index contributed by atoms with van der Waals surface area (Å²) in [5.41, 5.74) is 2.84. The van der Waals surface area contributed by atoms with Crippen LogP contribution in [0.1, 0.15) is 56.7 Å². The molecular weight excluding hydrogens is 244 g/mol. The van der Waals surface area contributed by atoms with Gasteiger partial charge >= 0.3 is 0 Å². The number of nitrogens with zero attached hydrogens (tertiary/aromatic N) is 1. The van der Waals surface area contributed by atoms with Gasteiger partial charge < -0.3 is 10.2 Å². The largest absolute Gasteiger partial charge is 0.307 e. The lowest BCUT2D eigenvalue weighted by Crippen LogP contribution is -2.33. The Bertz CT molecular complexity index is 402. The van der Waals surface area contributed by atoms with Crippen LogP contribution in [0, 0.1) is 6.92 Å². The van der Waals surface area contributed by atoms with E-state index in [0.717, 1.165) is 0 Å². The minimum absolute atomic E-state index is 0.457. The monoisotopic (exact) mass is 274 g/mol. The van der Waals surface area contributed by atoms with Gasteiger partial charge in [0.05, 0.1) is 0 Å². The maximum absolute atomic E-state index is 3.85. The van der Waals surface area contributed by atoms with E-state index >= 15 is 0 Å². The van der Waals surface area contributed by atoms with Gasteiger partial charge in [0, 0.05) is 12.1 Å². The highest BCUT2D eigenvalue weighted by molar-refractivity contribution is 5.28. The third-order valence-corrected chi connectivity index (χ3v) is 4.50. The van der Waals surface area contributed by atoms with E-state index in [1.807, 2.05) is 0 Å². The van der Waals surface area contributed by atoms with Crippen LogP contribution >= 0.6 is 0 Å². The van der Waals surface area contributed by atoms with E-state index in [9.17, 15) is 0 Å². The fourth-order valence-electron chi connectivity index (χ4n) is 3.38. The highest BCUT2D eigenvalue weighted by Crippen LogP contribution is 2.20. The van der Waals surface area contributed by atoms with Crippen LogP contribution in [0.5, 0.6) is 0 Å². The molecule has 2 nitrogen and oxygen atoms in total. The van der Waals surface area contributed by atoms with E-state index in [1.165, 1.54) is 56.4 Å². The summed E-state index contributed by atoms with van der Waals surface area (Å²) in [4.78, 5) is 2.63. The van der Waals surface area contributed by atoms with Gasteiger partial charge in [-0.15, -0.1) is 0 Å². The average molecular weight is 274 g/mol. The van der Waals surface area contributed by atoms with Crippen LogP contribution in [0.4, 0.5) is 0 Å². The van der Waals surface area contributed by atoms with E-state index < -0.39 is 0 Å². The van der Waals surface area contributed by atoms with Gasteiger partial charge in [0.15, 0.2) is 0 Å². The van der Waals surface area contributed by atoms with Crippen molar-refractivity contribution >= 4 is 0 Å². The highest BCUT2D eigenvalue weighted by Gasteiger charge is 2.18. The fraction of sp³-hybridized carbons (Fsp3) is 0.667. The average Bonchev–Trinajstić information content (AvgIpc) is 2.65. The smallest absolute Gasteiger partial charge is 0.0296 e. The van der Waals surface area contributed by atoms with Gasteiger partial charge in [-0.25, -0.2) is 0 Å². The molecule has 1 unspecified atom stereocenters. The number of aryl methyl sites for hydroxylation is 1. The summed E-state index contributed by atoms with van der Waals surface area (Å²) in [5, 5.41) is 3.85. The van der Waals surface area contributed by atoms with E-state index in [2.05, 4.69) is 55.3 Å². The Balaban J connectivity index is 1.88. The molecule has 112 valence electrons. The summed E-state index contributed by atoms with van der Waals surface area (Å²) >= 11 is 0. The van der Waals surface area contributed by atoms with Gasteiger partial charge in [0.25, 0.3) is 0 Å². The Labute approximate surface area is 124 Å². The zero-order chi connectivity index (χ0) is 14.4. The first-order valence-electron chi connectivity index (χ1n) is 8.24. The van der Waals surface area contributed by atoms with Gasteiger partial charge in [-0.2, -0.15) is 0 Å². The summed E-state index contributed by atoms with van der Waals surface area (Å²) in [6.07, 6.45) is 5.21. The third kappa shape index (κ3) is 4.32. The molecule has 0 bridgehead atoms. The minimum atomic E-state index is 0.457. The van der Waals surface area contributed by atoms with Crippen LogP contribution < -0.4 is 5.32 Å². The topological polar surface area (TPSA) is 15.3 Å². The quantitative estimate of drug-likeness (QED) is 0.875. The zero-order valence-corrected chi connectivity index (χ0v) is 13.4. The zero-order valence-electron chi connectivity index (χ0n) is 13.4. The lowest BCUT2D eigenvalue weighted by molar-refractivity contribution is 0.281. The SMILES string of the molecule is CCCN1CCCC(N[C@@H](C)c2ccccc2C)CC1. The molecular formula is C18H30N2. The van der Waals surface area contributed by atoms with Crippen molar-refractivity contribution in [3.05, 3.63) is 35.4 Å². The molecule has 2 atom stereocenters. The molecule has 1 aromatic rings. The number of hydrogen-bond acceptors (Lipinski definition) is 2. The van der Waals surface area contributed by atoms with Gasteiger partial charge in [0.1, 0.15) is 0 Å². The van der Waals surface area contributed by atoms with E-state index in [0.29, 0.717) is 12.1 Å². The summed E-state index contributed by atoms with van der Waals surface area (Å²) < 4.78 is 0. The maximum atomic E-state index is 3.85. The number of hydrogen-bond donors (Lipinski definition) is 1. The number of nitrogens with one attached hydrogen (secondary N) is 1. The highest BCUT2D eigenvalue weighted by atomic mass is 15.1. The second-order valence-electron chi connectivity index (χ2n) is 6.21. The Morgan fingerprint density at radius 3 is 2.80 bits per heavy atom. The van der Waals surface area contributed by atoms with Crippen LogP contribution in [-0.4, -0.2) is 30.6 Å². The van der Waals surface area contributed by atoms with Crippen LogP contribution in [0.2, 0.25) is 0 Å². The first kappa shape index (κ1) is 15.5. The molecule has 0 aliphatic carbocycles. The predicted octanol–water partition coefficient (Wildman–Crippen LogP) is 3.91.